The van der Waals surface area contributed by atoms with Crippen molar-refractivity contribution in [2.45, 2.75) is 73.1 Å². The van der Waals surface area contributed by atoms with E-state index in [1.165, 1.54) is 6.92 Å². The minimum Gasteiger partial charge on any atom is -0.480 e. The Hall–Kier alpha value is -0.0569. The standard InChI is InChI=1S/C8H14O3.2C4H10O.Zr/c1-4-8(5-2,6(3)9)7(10)11;2*1-2-3-4-5;/h4-5H2,1-3H3,(H,10,11);2*5H,2-4H2,1H3;. The number of hydrogen-bond donors (Lipinski definition) is 3. The molecule has 0 saturated heterocycles. The van der Waals surface area contributed by atoms with Crippen LogP contribution in [0.15, 0.2) is 0 Å². The number of rotatable bonds is 8. The molecule has 6 heteroatoms. The SMILES string of the molecule is CCC(CC)(C(C)=O)C(=O)O.CCCCO.CCCCO.[Zr]. The van der Waals surface area contributed by atoms with E-state index in [4.69, 9.17) is 15.3 Å². The molecule has 3 N–H and O–H groups in total. The van der Waals surface area contributed by atoms with Gasteiger partial charge in [0.2, 0.25) is 0 Å². The molecule has 0 saturated carbocycles. The molecule has 5 nitrogen and oxygen atoms in total. The molecule has 0 bridgehead atoms. The molecular weight excluding hydrogens is 363 g/mol. The number of carboxylic acid groups (broad SMARTS) is 1. The van der Waals surface area contributed by atoms with Gasteiger partial charge in [0.05, 0.1) is 0 Å². The van der Waals surface area contributed by atoms with Crippen molar-refractivity contribution in [3.05, 3.63) is 0 Å². The van der Waals surface area contributed by atoms with Crippen molar-refractivity contribution in [3.8, 4) is 0 Å². The first-order chi connectivity index (χ1) is 9.84. The number of unbranched alkanes of at least 4 members (excludes halogenated alkanes) is 2. The first-order valence-electron chi connectivity index (χ1n) is 7.80. The molecule has 0 fully saturated rings. The Morgan fingerprint density at radius 3 is 1.18 bits per heavy atom. The number of aliphatic hydroxyl groups is 2. The van der Waals surface area contributed by atoms with Gasteiger partial charge in [-0.25, -0.2) is 0 Å². The Labute approximate surface area is 154 Å². The van der Waals surface area contributed by atoms with E-state index in [2.05, 4.69) is 13.8 Å². The molecule has 0 heterocycles. The minimum atomic E-state index is -1.14. The fraction of sp³-hybridized carbons (Fsp3) is 0.875. The van der Waals surface area contributed by atoms with Gasteiger partial charge in [0.25, 0.3) is 0 Å². The second-order valence-corrected chi connectivity index (χ2v) is 4.80. The number of carboxylic acids is 1. The molecule has 0 unspecified atom stereocenters. The topological polar surface area (TPSA) is 94.8 Å². The molecule has 0 aromatic heterocycles. The Kier molecular flexibility index (Phi) is 28.5. The molecule has 0 aliphatic heterocycles. The van der Waals surface area contributed by atoms with Gasteiger partial charge in [-0.1, -0.05) is 40.5 Å². The van der Waals surface area contributed by atoms with Crippen LogP contribution in [-0.2, 0) is 35.8 Å². The number of ketones is 1. The third-order valence-corrected chi connectivity index (χ3v) is 3.31. The summed E-state index contributed by atoms with van der Waals surface area (Å²) in [5, 5.41) is 24.9. The molecule has 0 aliphatic carbocycles. The van der Waals surface area contributed by atoms with Crippen molar-refractivity contribution in [1.82, 2.24) is 0 Å². The monoisotopic (exact) mass is 396 g/mol. The Balaban J connectivity index is -0.000000124. The molecule has 0 aliphatic rings. The molecule has 0 aromatic rings. The average molecular weight is 398 g/mol. The van der Waals surface area contributed by atoms with Crippen molar-refractivity contribution < 1.29 is 51.1 Å². The molecule has 0 amide bonds. The van der Waals surface area contributed by atoms with E-state index in [1.54, 1.807) is 13.8 Å². The summed E-state index contributed by atoms with van der Waals surface area (Å²) in [6.07, 6.45) is 4.81. The number of aliphatic hydroxyl groups excluding tert-OH is 2. The normalized spacial score (nSPS) is 9.41. The van der Waals surface area contributed by atoms with Crippen LogP contribution in [0.2, 0.25) is 0 Å². The second kappa shape index (κ2) is 20.9. The van der Waals surface area contributed by atoms with Crippen LogP contribution in [-0.4, -0.2) is 40.3 Å². The van der Waals surface area contributed by atoms with E-state index in [9.17, 15) is 9.59 Å². The third kappa shape index (κ3) is 14.9. The fourth-order valence-corrected chi connectivity index (χ4v) is 1.52. The Bertz CT molecular complexity index is 227. The Morgan fingerprint density at radius 1 is 0.864 bits per heavy atom. The van der Waals surface area contributed by atoms with Crippen LogP contribution in [0.25, 0.3) is 0 Å². The Morgan fingerprint density at radius 2 is 1.18 bits per heavy atom. The van der Waals surface area contributed by atoms with Crippen LogP contribution < -0.4 is 0 Å². The number of Topliss-reactive ketones (excluding diaryl/α,β-unsaturated/α-hetero) is 1. The van der Waals surface area contributed by atoms with Gasteiger partial charge in [0, 0.05) is 39.4 Å². The molecule has 132 valence electrons. The van der Waals surface area contributed by atoms with Gasteiger partial charge in [0.1, 0.15) is 11.2 Å². The molecular formula is C16H34O5Zr. The summed E-state index contributed by atoms with van der Waals surface area (Å²) in [5.74, 6) is -1.26. The van der Waals surface area contributed by atoms with Crippen molar-refractivity contribution in [2.75, 3.05) is 13.2 Å². The maximum absolute atomic E-state index is 11.0. The van der Waals surface area contributed by atoms with Crippen LogP contribution in [0.3, 0.4) is 0 Å². The summed E-state index contributed by atoms with van der Waals surface area (Å²) in [7, 11) is 0. The van der Waals surface area contributed by atoms with Crippen LogP contribution in [0.5, 0.6) is 0 Å². The fourth-order valence-electron chi connectivity index (χ4n) is 1.52. The van der Waals surface area contributed by atoms with Gasteiger partial charge < -0.3 is 15.3 Å². The van der Waals surface area contributed by atoms with Crippen LogP contribution in [0.1, 0.15) is 73.1 Å². The van der Waals surface area contributed by atoms with Crippen molar-refractivity contribution in [1.29, 1.82) is 0 Å². The molecule has 0 rings (SSSR count). The quantitative estimate of drug-likeness (QED) is 0.547. The number of carbonyl (C=O) groups is 2. The van der Waals surface area contributed by atoms with Crippen molar-refractivity contribution in [3.63, 3.8) is 0 Å². The molecule has 0 radical (unpaired) electrons. The van der Waals surface area contributed by atoms with Gasteiger partial charge in [-0.2, -0.15) is 0 Å². The average Bonchev–Trinajstić information content (AvgIpc) is 2.43. The zero-order valence-corrected chi connectivity index (χ0v) is 17.3. The van der Waals surface area contributed by atoms with Gasteiger partial charge in [-0.05, 0) is 32.6 Å². The molecule has 0 atom stereocenters. The van der Waals surface area contributed by atoms with Gasteiger partial charge in [-0.3, -0.25) is 9.59 Å². The summed E-state index contributed by atoms with van der Waals surface area (Å²) in [6, 6.07) is 0. The maximum Gasteiger partial charge on any atom is 0.317 e. The van der Waals surface area contributed by atoms with Crippen LogP contribution >= 0.6 is 0 Å². The number of carbonyl (C=O) groups excluding carboxylic acids is 1. The summed E-state index contributed by atoms with van der Waals surface area (Å²) < 4.78 is 0. The maximum atomic E-state index is 11.0. The van der Waals surface area contributed by atoms with Gasteiger partial charge >= 0.3 is 5.97 Å². The predicted molar refractivity (Wildman–Crippen MR) is 85.3 cm³/mol. The second-order valence-electron chi connectivity index (χ2n) is 4.80. The van der Waals surface area contributed by atoms with E-state index in [0.29, 0.717) is 26.1 Å². The van der Waals surface area contributed by atoms with Crippen molar-refractivity contribution >= 4 is 11.8 Å². The summed E-state index contributed by atoms with van der Waals surface area (Å²) in [4.78, 5) is 21.7. The van der Waals surface area contributed by atoms with Crippen LogP contribution in [0.4, 0.5) is 0 Å². The zero-order valence-electron chi connectivity index (χ0n) is 14.8. The predicted octanol–water partition coefficient (Wildman–Crippen LogP) is 3.02. The molecule has 0 aromatic carbocycles. The summed E-state index contributed by atoms with van der Waals surface area (Å²) >= 11 is 0. The minimum absolute atomic E-state index is 0. The van der Waals surface area contributed by atoms with Crippen LogP contribution in [0, 0.1) is 5.41 Å². The number of hydrogen-bond acceptors (Lipinski definition) is 4. The number of aliphatic carboxylic acids is 1. The van der Waals surface area contributed by atoms with Gasteiger partial charge in [0.15, 0.2) is 0 Å². The molecule has 22 heavy (non-hydrogen) atoms. The van der Waals surface area contributed by atoms with Crippen molar-refractivity contribution in [2.24, 2.45) is 5.41 Å². The third-order valence-electron chi connectivity index (χ3n) is 3.31. The smallest absolute Gasteiger partial charge is 0.317 e. The van der Waals surface area contributed by atoms with E-state index in [1.807, 2.05) is 0 Å². The summed E-state index contributed by atoms with van der Waals surface area (Å²) in [6.45, 7) is 9.57. The first-order valence-corrected chi connectivity index (χ1v) is 7.80. The van der Waals surface area contributed by atoms with E-state index in [-0.39, 0.29) is 32.0 Å². The van der Waals surface area contributed by atoms with E-state index in [0.717, 1.165) is 25.7 Å². The van der Waals surface area contributed by atoms with Gasteiger partial charge in [-0.15, -0.1) is 0 Å². The molecule has 0 spiro atoms. The zero-order chi connectivity index (χ0) is 17.3. The van der Waals surface area contributed by atoms with E-state index >= 15 is 0 Å². The first kappa shape index (κ1) is 29.9. The largest absolute Gasteiger partial charge is 0.480 e. The summed E-state index contributed by atoms with van der Waals surface area (Å²) in [5.41, 5.74) is -1.14. The van der Waals surface area contributed by atoms with E-state index < -0.39 is 11.4 Å².